The van der Waals surface area contributed by atoms with Crippen molar-refractivity contribution in [1.82, 2.24) is 10.2 Å². The number of halogens is 3. The summed E-state index contributed by atoms with van der Waals surface area (Å²) in [7, 11) is 4.23. The van der Waals surface area contributed by atoms with E-state index in [1.54, 1.807) is 0 Å². The predicted molar refractivity (Wildman–Crippen MR) is 78.4 cm³/mol. The van der Waals surface area contributed by atoms with Gasteiger partial charge >= 0.3 is 6.18 Å². The molecule has 1 rings (SSSR count). The highest BCUT2D eigenvalue weighted by atomic mass is 19.4. The van der Waals surface area contributed by atoms with Crippen molar-refractivity contribution in [2.75, 3.05) is 40.4 Å². The second-order valence-electron chi connectivity index (χ2n) is 6.52. The highest BCUT2D eigenvalue weighted by Crippen LogP contribution is 2.35. The zero-order valence-electron chi connectivity index (χ0n) is 13.4. The van der Waals surface area contributed by atoms with E-state index >= 15 is 0 Å². The Labute approximate surface area is 126 Å². The van der Waals surface area contributed by atoms with Crippen molar-refractivity contribution in [1.29, 1.82) is 0 Å². The summed E-state index contributed by atoms with van der Waals surface area (Å²) in [5.74, 6) is 0.734. The molecule has 2 unspecified atom stereocenters. The van der Waals surface area contributed by atoms with Gasteiger partial charge in [0.15, 0.2) is 0 Å². The number of rotatable bonds is 8. The molecular formula is C15H29F3N2O. The summed E-state index contributed by atoms with van der Waals surface area (Å²) in [5, 5.41) is 3.39. The van der Waals surface area contributed by atoms with Crippen LogP contribution >= 0.6 is 0 Å². The molecule has 0 saturated heterocycles. The molecule has 0 aromatic heterocycles. The van der Waals surface area contributed by atoms with Crippen molar-refractivity contribution in [3.05, 3.63) is 0 Å². The first-order chi connectivity index (χ1) is 9.75. The minimum absolute atomic E-state index is 0.151. The van der Waals surface area contributed by atoms with Gasteiger partial charge in [-0.2, -0.15) is 13.2 Å². The van der Waals surface area contributed by atoms with Gasteiger partial charge in [-0.05, 0) is 45.8 Å². The zero-order valence-corrected chi connectivity index (χ0v) is 13.4. The number of nitrogens with one attached hydrogen (secondary N) is 1. The molecule has 126 valence electrons. The molecule has 0 aromatic rings. The van der Waals surface area contributed by atoms with Gasteiger partial charge in [0.1, 0.15) is 6.61 Å². The minimum atomic E-state index is -4.22. The Morgan fingerprint density at radius 2 is 2.05 bits per heavy atom. The van der Waals surface area contributed by atoms with Gasteiger partial charge in [0, 0.05) is 18.7 Å². The molecule has 21 heavy (non-hydrogen) atoms. The molecule has 0 heterocycles. The first kappa shape index (κ1) is 18.7. The highest BCUT2D eigenvalue weighted by Gasteiger charge is 2.36. The van der Waals surface area contributed by atoms with Gasteiger partial charge in [-0.25, -0.2) is 0 Å². The Bertz CT molecular complexity index is 297. The van der Waals surface area contributed by atoms with Gasteiger partial charge < -0.3 is 15.0 Å². The molecule has 0 bridgehead atoms. The predicted octanol–water partition coefficient (Wildman–Crippen LogP) is 3.06. The Hall–Kier alpha value is -0.330. The van der Waals surface area contributed by atoms with Crippen LogP contribution in [0.15, 0.2) is 0 Å². The summed E-state index contributed by atoms with van der Waals surface area (Å²) in [4.78, 5) is 2.30. The van der Waals surface area contributed by atoms with Gasteiger partial charge in [-0.1, -0.05) is 19.8 Å². The third-order valence-corrected chi connectivity index (χ3v) is 4.38. The van der Waals surface area contributed by atoms with Gasteiger partial charge in [-0.3, -0.25) is 0 Å². The fourth-order valence-corrected chi connectivity index (χ4v) is 3.17. The molecule has 0 aromatic carbocycles. The van der Waals surface area contributed by atoms with Crippen LogP contribution in [-0.2, 0) is 4.74 Å². The number of nitrogens with zero attached hydrogens (tertiary/aromatic N) is 1. The quantitative estimate of drug-likeness (QED) is 0.697. The third-order valence-electron chi connectivity index (χ3n) is 4.38. The number of ether oxygens (including phenoxy) is 1. The van der Waals surface area contributed by atoms with Gasteiger partial charge in [-0.15, -0.1) is 0 Å². The van der Waals surface area contributed by atoms with Crippen LogP contribution < -0.4 is 5.32 Å². The van der Waals surface area contributed by atoms with Gasteiger partial charge in [0.05, 0.1) is 0 Å². The molecule has 0 aliphatic heterocycles. The largest absolute Gasteiger partial charge is 0.411 e. The summed E-state index contributed by atoms with van der Waals surface area (Å²) in [6, 6.07) is 0. The smallest absolute Gasteiger partial charge is 0.372 e. The summed E-state index contributed by atoms with van der Waals surface area (Å²) in [6.45, 7) is 2.89. The lowest BCUT2D eigenvalue weighted by atomic mass is 9.75. The molecule has 1 saturated carbocycles. The van der Waals surface area contributed by atoms with E-state index < -0.39 is 12.8 Å². The SMILES string of the molecule is CC1CCCC(CNCCCOCC(F)(F)F)(N(C)C)C1. The van der Waals surface area contributed by atoms with Crippen molar-refractivity contribution >= 4 is 0 Å². The van der Waals surface area contributed by atoms with E-state index in [0.717, 1.165) is 12.5 Å². The maximum Gasteiger partial charge on any atom is 0.411 e. The number of alkyl halides is 3. The lowest BCUT2D eigenvalue weighted by Gasteiger charge is -2.45. The number of hydrogen-bond acceptors (Lipinski definition) is 3. The molecule has 0 radical (unpaired) electrons. The van der Waals surface area contributed by atoms with E-state index in [4.69, 9.17) is 0 Å². The lowest BCUT2D eigenvalue weighted by molar-refractivity contribution is -0.173. The molecule has 6 heteroatoms. The van der Waals surface area contributed by atoms with E-state index in [1.807, 2.05) is 0 Å². The highest BCUT2D eigenvalue weighted by molar-refractivity contribution is 4.94. The summed E-state index contributed by atoms with van der Waals surface area (Å²) in [5.41, 5.74) is 0.185. The molecule has 1 N–H and O–H groups in total. The number of hydrogen-bond donors (Lipinski definition) is 1. The fraction of sp³-hybridized carbons (Fsp3) is 1.00. The van der Waals surface area contributed by atoms with Crippen molar-refractivity contribution in [2.24, 2.45) is 5.92 Å². The third kappa shape index (κ3) is 6.98. The Kier molecular flexibility index (Phi) is 7.44. The van der Waals surface area contributed by atoms with E-state index in [2.05, 4.69) is 36.0 Å². The second kappa shape index (κ2) is 8.34. The first-order valence-electron chi connectivity index (χ1n) is 7.78. The van der Waals surface area contributed by atoms with Gasteiger partial charge in [0.2, 0.25) is 0 Å². The molecular weight excluding hydrogens is 281 g/mol. The topological polar surface area (TPSA) is 24.5 Å². The standard InChI is InChI=1S/C15H29F3N2O/c1-13-6-4-7-14(10-13,20(2)3)11-19-8-5-9-21-12-15(16,17)18/h13,19H,4-12H2,1-3H3. The van der Waals surface area contributed by atoms with Crippen LogP contribution in [0.3, 0.4) is 0 Å². The zero-order chi connectivity index (χ0) is 15.9. The Morgan fingerprint density at radius 1 is 1.33 bits per heavy atom. The monoisotopic (exact) mass is 310 g/mol. The molecule has 0 spiro atoms. The molecule has 1 aliphatic rings. The van der Waals surface area contributed by atoms with Crippen molar-refractivity contribution in [3.63, 3.8) is 0 Å². The van der Waals surface area contributed by atoms with E-state index in [-0.39, 0.29) is 12.1 Å². The van der Waals surface area contributed by atoms with Crippen LogP contribution in [0.5, 0.6) is 0 Å². The maximum absolute atomic E-state index is 11.9. The van der Waals surface area contributed by atoms with E-state index in [0.29, 0.717) is 13.0 Å². The molecule has 3 nitrogen and oxygen atoms in total. The average Bonchev–Trinajstić information content (AvgIpc) is 2.36. The van der Waals surface area contributed by atoms with Crippen LogP contribution in [0.1, 0.15) is 39.0 Å². The Balaban J connectivity index is 2.20. The van der Waals surface area contributed by atoms with Gasteiger partial charge in [0.25, 0.3) is 0 Å². The Morgan fingerprint density at radius 3 is 2.62 bits per heavy atom. The van der Waals surface area contributed by atoms with Crippen LogP contribution in [0, 0.1) is 5.92 Å². The summed E-state index contributed by atoms with van der Waals surface area (Å²) < 4.78 is 40.3. The molecule has 2 atom stereocenters. The second-order valence-corrected chi connectivity index (χ2v) is 6.52. The average molecular weight is 310 g/mol. The molecule has 1 aliphatic carbocycles. The van der Waals surface area contributed by atoms with Crippen LogP contribution in [-0.4, -0.2) is 57.0 Å². The molecule has 0 amide bonds. The van der Waals surface area contributed by atoms with Crippen molar-refractivity contribution in [3.8, 4) is 0 Å². The fourth-order valence-electron chi connectivity index (χ4n) is 3.17. The lowest BCUT2D eigenvalue weighted by Crippen LogP contribution is -2.54. The maximum atomic E-state index is 11.9. The van der Waals surface area contributed by atoms with Crippen molar-refractivity contribution in [2.45, 2.75) is 50.7 Å². The van der Waals surface area contributed by atoms with E-state index in [9.17, 15) is 13.2 Å². The van der Waals surface area contributed by atoms with Crippen LogP contribution in [0.4, 0.5) is 13.2 Å². The van der Waals surface area contributed by atoms with Crippen molar-refractivity contribution < 1.29 is 17.9 Å². The number of likely N-dealkylation sites (N-methyl/N-ethyl adjacent to an activating group) is 1. The minimum Gasteiger partial charge on any atom is -0.372 e. The normalized spacial score (nSPS) is 27.3. The summed E-state index contributed by atoms with van der Waals surface area (Å²) >= 11 is 0. The van der Waals surface area contributed by atoms with Crippen LogP contribution in [0.2, 0.25) is 0 Å². The first-order valence-corrected chi connectivity index (χ1v) is 7.78. The molecule has 1 fully saturated rings. The summed E-state index contributed by atoms with van der Waals surface area (Å²) in [6.07, 6.45) is 1.28. The van der Waals surface area contributed by atoms with E-state index in [1.165, 1.54) is 25.7 Å². The van der Waals surface area contributed by atoms with Crippen LogP contribution in [0.25, 0.3) is 0 Å².